The van der Waals surface area contributed by atoms with Gasteiger partial charge in [-0.05, 0) is 52.2 Å². The van der Waals surface area contributed by atoms with Crippen molar-refractivity contribution in [1.29, 1.82) is 0 Å². The normalized spacial score (nSPS) is 11.6. The number of rotatable bonds is 5. The number of Topliss-reactive ketones (excluding diaryl/α,β-unsaturated/α-hetero) is 1. The van der Waals surface area contributed by atoms with Gasteiger partial charge in [0.2, 0.25) is 5.78 Å². The molecule has 144 valence electrons. The standard InChI is InChI=1S/C21H15BrClN5O/c1-12-11-16(13-7-9-15(23)10-8-13)17-20(24-12)26-28-21(17)27-25-19(22)18(29)14-5-3-2-4-6-14/h2-11H,1H3,(H2,24,26,27,28)/b25-19+. The summed E-state index contributed by atoms with van der Waals surface area (Å²) >= 11 is 9.27. The summed E-state index contributed by atoms with van der Waals surface area (Å²) in [6.45, 7) is 1.91. The number of carbonyl (C=O) groups excluding carboxylic acids is 1. The fourth-order valence-electron chi connectivity index (χ4n) is 2.95. The molecule has 0 aliphatic rings. The van der Waals surface area contributed by atoms with Gasteiger partial charge in [0.05, 0.1) is 5.39 Å². The number of carbonyl (C=O) groups is 1. The van der Waals surface area contributed by atoms with Gasteiger partial charge in [0.1, 0.15) is 0 Å². The molecule has 0 aliphatic heterocycles. The Hall–Kier alpha value is -3.03. The number of halogens is 2. The third-order valence-electron chi connectivity index (χ3n) is 4.30. The molecular weight excluding hydrogens is 454 g/mol. The predicted octanol–water partition coefficient (Wildman–Crippen LogP) is 5.59. The Morgan fingerprint density at radius 2 is 1.86 bits per heavy atom. The summed E-state index contributed by atoms with van der Waals surface area (Å²) in [5.74, 6) is 0.309. The molecule has 0 spiro atoms. The molecule has 8 heteroatoms. The van der Waals surface area contributed by atoms with E-state index in [1.165, 1.54) is 0 Å². The molecule has 0 atom stereocenters. The second-order valence-electron chi connectivity index (χ2n) is 6.32. The summed E-state index contributed by atoms with van der Waals surface area (Å²) in [5.41, 5.74) is 6.73. The molecule has 0 aliphatic carbocycles. The van der Waals surface area contributed by atoms with Gasteiger partial charge in [0.15, 0.2) is 16.1 Å². The summed E-state index contributed by atoms with van der Waals surface area (Å²) < 4.78 is 0.152. The molecule has 0 amide bonds. The van der Waals surface area contributed by atoms with Crippen LogP contribution in [0.5, 0.6) is 0 Å². The van der Waals surface area contributed by atoms with Crippen molar-refractivity contribution < 1.29 is 4.79 Å². The lowest BCUT2D eigenvalue weighted by molar-refractivity contribution is 0.106. The zero-order chi connectivity index (χ0) is 20.4. The highest BCUT2D eigenvalue weighted by atomic mass is 79.9. The summed E-state index contributed by atoms with van der Waals surface area (Å²) in [5, 5.41) is 12.8. The van der Waals surface area contributed by atoms with Crippen LogP contribution in [0.2, 0.25) is 5.02 Å². The number of hydrogen-bond acceptors (Lipinski definition) is 5. The van der Waals surface area contributed by atoms with Gasteiger partial charge in [-0.25, -0.2) is 4.98 Å². The van der Waals surface area contributed by atoms with Crippen LogP contribution in [0.15, 0.2) is 65.8 Å². The van der Waals surface area contributed by atoms with Crippen molar-refractivity contribution in [3.8, 4) is 11.1 Å². The molecule has 0 unspecified atom stereocenters. The van der Waals surface area contributed by atoms with Gasteiger partial charge in [0, 0.05) is 16.3 Å². The SMILES string of the molecule is Cc1cc(-c2ccc(Cl)cc2)c2c(N/N=C(/Br)C(=O)c3ccccc3)[nH]nc2n1. The van der Waals surface area contributed by atoms with Crippen molar-refractivity contribution in [3.63, 3.8) is 0 Å². The van der Waals surface area contributed by atoms with Crippen LogP contribution < -0.4 is 5.43 Å². The number of fused-ring (bicyclic) bond motifs is 1. The van der Waals surface area contributed by atoms with E-state index < -0.39 is 0 Å². The van der Waals surface area contributed by atoms with E-state index in [1.807, 2.05) is 43.3 Å². The molecule has 4 aromatic rings. The number of aromatic nitrogens is 3. The first-order chi connectivity index (χ1) is 14.0. The minimum absolute atomic E-state index is 0.152. The Morgan fingerprint density at radius 3 is 2.59 bits per heavy atom. The lowest BCUT2D eigenvalue weighted by atomic mass is 10.0. The molecule has 29 heavy (non-hydrogen) atoms. The maximum Gasteiger partial charge on any atom is 0.220 e. The second-order valence-corrected chi connectivity index (χ2v) is 7.51. The highest BCUT2D eigenvalue weighted by molar-refractivity contribution is 9.19. The van der Waals surface area contributed by atoms with E-state index >= 15 is 0 Å². The van der Waals surface area contributed by atoms with Crippen LogP contribution in [0.1, 0.15) is 16.1 Å². The van der Waals surface area contributed by atoms with Crippen molar-refractivity contribution in [2.24, 2.45) is 5.10 Å². The van der Waals surface area contributed by atoms with Crippen LogP contribution in [-0.4, -0.2) is 25.6 Å². The molecule has 2 heterocycles. The largest absolute Gasteiger partial charge is 0.286 e. The number of pyridine rings is 1. The predicted molar refractivity (Wildman–Crippen MR) is 120 cm³/mol. The van der Waals surface area contributed by atoms with Crippen LogP contribution >= 0.6 is 27.5 Å². The fraction of sp³-hybridized carbons (Fsp3) is 0.0476. The molecular formula is C21H15BrClN5O. The molecule has 6 nitrogen and oxygen atoms in total. The van der Waals surface area contributed by atoms with Gasteiger partial charge in [-0.15, -0.1) is 0 Å². The lowest BCUT2D eigenvalue weighted by Gasteiger charge is -2.07. The number of hydrogen-bond donors (Lipinski definition) is 2. The number of aromatic amines is 1. The van der Waals surface area contributed by atoms with Gasteiger partial charge in [0.25, 0.3) is 0 Å². The molecule has 0 bridgehead atoms. The number of benzene rings is 2. The van der Waals surface area contributed by atoms with Crippen molar-refractivity contribution in [2.45, 2.75) is 6.92 Å². The van der Waals surface area contributed by atoms with Crippen molar-refractivity contribution in [1.82, 2.24) is 15.2 Å². The summed E-state index contributed by atoms with van der Waals surface area (Å²) in [6.07, 6.45) is 0. The topological polar surface area (TPSA) is 83.0 Å². The average molecular weight is 469 g/mol. The fourth-order valence-corrected chi connectivity index (χ4v) is 3.39. The smallest absolute Gasteiger partial charge is 0.220 e. The van der Waals surface area contributed by atoms with E-state index in [0.717, 1.165) is 22.2 Å². The Bertz CT molecular complexity index is 1220. The molecule has 0 radical (unpaired) electrons. The van der Waals surface area contributed by atoms with Crippen molar-refractivity contribution in [2.75, 3.05) is 5.43 Å². The van der Waals surface area contributed by atoms with E-state index in [9.17, 15) is 4.79 Å². The van der Waals surface area contributed by atoms with Crippen LogP contribution in [0.25, 0.3) is 22.2 Å². The number of hydrazone groups is 1. The highest BCUT2D eigenvalue weighted by Crippen LogP contribution is 2.33. The average Bonchev–Trinajstić information content (AvgIpc) is 3.14. The molecule has 4 rings (SSSR count). The second kappa shape index (κ2) is 8.14. The molecule has 2 N–H and O–H groups in total. The van der Waals surface area contributed by atoms with E-state index in [2.05, 4.69) is 41.6 Å². The first-order valence-electron chi connectivity index (χ1n) is 8.73. The monoisotopic (exact) mass is 467 g/mol. The minimum Gasteiger partial charge on any atom is -0.286 e. The summed E-state index contributed by atoms with van der Waals surface area (Å²) in [7, 11) is 0. The Labute approximate surface area is 180 Å². The van der Waals surface area contributed by atoms with Crippen molar-refractivity contribution >= 4 is 54.8 Å². The Kier molecular flexibility index (Phi) is 5.42. The summed E-state index contributed by atoms with van der Waals surface area (Å²) in [4.78, 5) is 16.9. The van der Waals surface area contributed by atoms with Crippen LogP contribution in [0, 0.1) is 6.92 Å². The number of nitrogens with zero attached hydrogens (tertiary/aromatic N) is 3. The molecule has 2 aromatic carbocycles. The zero-order valence-corrected chi connectivity index (χ0v) is 17.6. The highest BCUT2D eigenvalue weighted by Gasteiger charge is 2.15. The lowest BCUT2D eigenvalue weighted by Crippen LogP contribution is -2.09. The number of anilines is 1. The quantitative estimate of drug-likeness (QED) is 0.227. The zero-order valence-electron chi connectivity index (χ0n) is 15.3. The van der Waals surface area contributed by atoms with E-state index in [4.69, 9.17) is 11.6 Å². The van der Waals surface area contributed by atoms with Gasteiger partial charge < -0.3 is 0 Å². The molecule has 0 fully saturated rings. The molecule has 0 saturated heterocycles. The summed E-state index contributed by atoms with van der Waals surface area (Å²) in [6, 6.07) is 18.4. The number of nitrogens with one attached hydrogen (secondary N) is 2. The number of aryl methyl sites for hydroxylation is 1. The van der Waals surface area contributed by atoms with E-state index in [-0.39, 0.29) is 10.4 Å². The number of H-pyrrole nitrogens is 1. The van der Waals surface area contributed by atoms with Crippen LogP contribution in [-0.2, 0) is 0 Å². The minimum atomic E-state index is -0.228. The molecule has 0 saturated carbocycles. The third kappa shape index (κ3) is 4.06. The number of ketones is 1. The maximum atomic E-state index is 12.5. The maximum absolute atomic E-state index is 12.5. The first kappa shape index (κ1) is 19.3. The van der Waals surface area contributed by atoms with Gasteiger partial charge in [-0.2, -0.15) is 10.2 Å². The van der Waals surface area contributed by atoms with Gasteiger partial charge in [-0.3, -0.25) is 15.3 Å². The van der Waals surface area contributed by atoms with Gasteiger partial charge in [-0.1, -0.05) is 54.1 Å². The van der Waals surface area contributed by atoms with Crippen LogP contribution in [0.3, 0.4) is 0 Å². The van der Waals surface area contributed by atoms with Gasteiger partial charge >= 0.3 is 0 Å². The third-order valence-corrected chi connectivity index (χ3v) is 5.09. The Balaban J connectivity index is 1.71. The van der Waals surface area contributed by atoms with E-state index in [0.29, 0.717) is 22.1 Å². The first-order valence-corrected chi connectivity index (χ1v) is 9.90. The van der Waals surface area contributed by atoms with Crippen molar-refractivity contribution in [3.05, 3.63) is 76.9 Å². The molecule has 2 aromatic heterocycles. The Morgan fingerprint density at radius 1 is 1.14 bits per heavy atom. The van der Waals surface area contributed by atoms with E-state index in [1.54, 1.807) is 24.3 Å². The van der Waals surface area contributed by atoms with Crippen LogP contribution in [0.4, 0.5) is 5.82 Å².